The summed E-state index contributed by atoms with van der Waals surface area (Å²) in [5.41, 5.74) is 1.44. The van der Waals surface area contributed by atoms with Crippen molar-refractivity contribution in [2.45, 2.75) is 26.6 Å². The highest BCUT2D eigenvalue weighted by atomic mass is 35.5. The molecule has 0 fully saturated rings. The van der Waals surface area contributed by atoms with Crippen LogP contribution in [-0.2, 0) is 12.7 Å². The number of halogens is 4. The van der Waals surface area contributed by atoms with Crippen molar-refractivity contribution in [1.29, 1.82) is 0 Å². The fourth-order valence-corrected chi connectivity index (χ4v) is 3.77. The molecule has 0 aliphatic rings. The van der Waals surface area contributed by atoms with Gasteiger partial charge in [-0.05, 0) is 37.6 Å². The molecule has 170 valence electrons. The Balaban J connectivity index is 1.63. The molecule has 2 aromatic carbocycles. The Kier molecular flexibility index (Phi) is 5.99. The molecule has 10 heteroatoms. The van der Waals surface area contributed by atoms with E-state index in [-0.39, 0.29) is 22.2 Å². The highest BCUT2D eigenvalue weighted by molar-refractivity contribution is 6.33. The molecule has 0 spiro atoms. The second kappa shape index (κ2) is 8.74. The first-order chi connectivity index (χ1) is 15.6. The van der Waals surface area contributed by atoms with Gasteiger partial charge >= 0.3 is 6.18 Å². The van der Waals surface area contributed by atoms with Crippen LogP contribution in [0.1, 0.15) is 32.9 Å². The van der Waals surface area contributed by atoms with Crippen LogP contribution in [0.4, 0.5) is 19.0 Å². The van der Waals surface area contributed by atoms with E-state index in [1.807, 2.05) is 30.3 Å². The summed E-state index contributed by atoms with van der Waals surface area (Å²) < 4.78 is 42.2. The number of carbonyl (C=O) groups excluding carboxylic acids is 1. The van der Waals surface area contributed by atoms with Crippen LogP contribution in [0.3, 0.4) is 0 Å². The van der Waals surface area contributed by atoms with E-state index in [1.165, 1.54) is 21.5 Å². The van der Waals surface area contributed by atoms with E-state index >= 15 is 0 Å². The molecule has 1 amide bonds. The molecule has 4 aromatic rings. The van der Waals surface area contributed by atoms with Crippen LogP contribution in [-0.4, -0.2) is 25.5 Å². The average molecular weight is 474 g/mol. The van der Waals surface area contributed by atoms with Crippen LogP contribution < -0.4 is 5.32 Å². The molecule has 2 aromatic heterocycles. The van der Waals surface area contributed by atoms with Crippen LogP contribution in [0.2, 0.25) is 5.15 Å². The SMILES string of the molecule is Cc1cc(NC(=O)c2c(C)nn(Cc3ccccc3)c2Cl)n(-c2cccc(C(F)(F)F)c2)n1. The predicted octanol–water partition coefficient (Wildman–Crippen LogP) is 5.66. The number of carbonyl (C=O) groups is 1. The maximum Gasteiger partial charge on any atom is 0.416 e. The second-order valence-electron chi connectivity index (χ2n) is 7.48. The van der Waals surface area contributed by atoms with Gasteiger partial charge in [0.2, 0.25) is 0 Å². The molecule has 0 bridgehead atoms. The van der Waals surface area contributed by atoms with Gasteiger partial charge in [-0.3, -0.25) is 4.79 Å². The van der Waals surface area contributed by atoms with Gasteiger partial charge in [0, 0.05) is 6.07 Å². The summed E-state index contributed by atoms with van der Waals surface area (Å²) >= 11 is 6.47. The average Bonchev–Trinajstić information content (AvgIpc) is 3.26. The number of rotatable bonds is 5. The minimum atomic E-state index is -4.50. The normalized spacial score (nSPS) is 11.6. The van der Waals surface area contributed by atoms with E-state index in [9.17, 15) is 18.0 Å². The smallest absolute Gasteiger partial charge is 0.306 e. The number of benzene rings is 2. The largest absolute Gasteiger partial charge is 0.416 e. The van der Waals surface area contributed by atoms with E-state index in [0.29, 0.717) is 17.9 Å². The van der Waals surface area contributed by atoms with Gasteiger partial charge in [-0.1, -0.05) is 48.0 Å². The predicted molar refractivity (Wildman–Crippen MR) is 119 cm³/mol. The van der Waals surface area contributed by atoms with Gasteiger partial charge in [0.05, 0.1) is 34.7 Å². The molecule has 33 heavy (non-hydrogen) atoms. The molecule has 0 radical (unpaired) electrons. The Morgan fingerprint density at radius 2 is 1.76 bits per heavy atom. The number of hydrogen-bond acceptors (Lipinski definition) is 3. The Labute approximate surface area is 192 Å². The number of hydrogen-bond donors (Lipinski definition) is 1. The van der Waals surface area contributed by atoms with Crippen molar-refractivity contribution in [3.63, 3.8) is 0 Å². The van der Waals surface area contributed by atoms with E-state index < -0.39 is 17.6 Å². The number of alkyl halides is 3. The topological polar surface area (TPSA) is 64.7 Å². The molecule has 0 saturated carbocycles. The zero-order valence-corrected chi connectivity index (χ0v) is 18.4. The van der Waals surface area contributed by atoms with E-state index in [4.69, 9.17) is 11.6 Å². The van der Waals surface area contributed by atoms with Gasteiger partial charge in [0.1, 0.15) is 11.0 Å². The van der Waals surface area contributed by atoms with Gasteiger partial charge in [-0.15, -0.1) is 0 Å². The third kappa shape index (κ3) is 4.78. The lowest BCUT2D eigenvalue weighted by atomic mass is 10.2. The van der Waals surface area contributed by atoms with Crippen molar-refractivity contribution < 1.29 is 18.0 Å². The maximum absolute atomic E-state index is 13.1. The fraction of sp³-hybridized carbons (Fsp3) is 0.174. The summed E-state index contributed by atoms with van der Waals surface area (Å²) in [7, 11) is 0. The van der Waals surface area contributed by atoms with Crippen LogP contribution in [0.25, 0.3) is 5.69 Å². The molecule has 0 saturated heterocycles. The molecule has 0 aliphatic carbocycles. The minimum absolute atomic E-state index is 0.163. The van der Waals surface area contributed by atoms with E-state index in [1.54, 1.807) is 19.9 Å². The maximum atomic E-state index is 13.1. The van der Waals surface area contributed by atoms with Crippen LogP contribution in [0.15, 0.2) is 60.7 Å². The zero-order valence-electron chi connectivity index (χ0n) is 17.7. The van der Waals surface area contributed by atoms with Gasteiger partial charge in [-0.2, -0.15) is 23.4 Å². The van der Waals surface area contributed by atoms with Gasteiger partial charge in [0.15, 0.2) is 0 Å². The Morgan fingerprint density at radius 3 is 2.45 bits per heavy atom. The quantitative estimate of drug-likeness (QED) is 0.407. The summed E-state index contributed by atoms with van der Waals surface area (Å²) in [6.45, 7) is 3.72. The number of aryl methyl sites for hydroxylation is 2. The fourth-order valence-electron chi connectivity index (χ4n) is 3.45. The third-order valence-corrected chi connectivity index (χ3v) is 5.34. The third-order valence-electron chi connectivity index (χ3n) is 4.96. The molecule has 0 unspecified atom stereocenters. The van der Waals surface area contributed by atoms with E-state index in [2.05, 4.69) is 15.5 Å². The van der Waals surface area contributed by atoms with Crippen LogP contribution >= 0.6 is 11.6 Å². The molecule has 1 N–H and O–H groups in total. The second-order valence-corrected chi connectivity index (χ2v) is 7.84. The summed E-state index contributed by atoms with van der Waals surface area (Å²) in [6.07, 6.45) is -4.50. The molecular weight excluding hydrogens is 455 g/mol. The summed E-state index contributed by atoms with van der Waals surface area (Å²) in [5.74, 6) is -0.326. The van der Waals surface area contributed by atoms with Crippen molar-refractivity contribution in [3.05, 3.63) is 93.9 Å². The Bertz CT molecular complexity index is 1310. The number of nitrogens with zero attached hydrogens (tertiary/aromatic N) is 4. The Morgan fingerprint density at radius 1 is 1.03 bits per heavy atom. The summed E-state index contributed by atoms with van der Waals surface area (Å²) in [6, 6.07) is 15.8. The van der Waals surface area contributed by atoms with Crippen LogP contribution in [0.5, 0.6) is 0 Å². The van der Waals surface area contributed by atoms with Crippen molar-refractivity contribution in [1.82, 2.24) is 19.6 Å². The first-order valence-electron chi connectivity index (χ1n) is 9.96. The van der Waals surface area contributed by atoms with Crippen molar-refractivity contribution >= 4 is 23.3 Å². The van der Waals surface area contributed by atoms with E-state index in [0.717, 1.165) is 17.7 Å². The summed E-state index contributed by atoms with van der Waals surface area (Å²) in [5, 5.41) is 11.5. The first kappa shape index (κ1) is 22.6. The lowest BCUT2D eigenvalue weighted by Crippen LogP contribution is -2.16. The lowest BCUT2D eigenvalue weighted by Gasteiger charge is -2.12. The molecule has 0 atom stereocenters. The van der Waals surface area contributed by atoms with Gasteiger partial charge in [0.25, 0.3) is 5.91 Å². The molecular formula is C23H19ClF3N5O. The van der Waals surface area contributed by atoms with Gasteiger partial charge in [-0.25, -0.2) is 9.36 Å². The highest BCUT2D eigenvalue weighted by Gasteiger charge is 2.31. The van der Waals surface area contributed by atoms with Crippen molar-refractivity contribution in [3.8, 4) is 5.69 Å². The monoisotopic (exact) mass is 473 g/mol. The zero-order chi connectivity index (χ0) is 23.8. The van der Waals surface area contributed by atoms with Crippen LogP contribution in [0, 0.1) is 13.8 Å². The molecule has 6 nitrogen and oxygen atoms in total. The summed E-state index contributed by atoms with van der Waals surface area (Å²) in [4.78, 5) is 13.1. The van der Waals surface area contributed by atoms with Crippen molar-refractivity contribution in [2.24, 2.45) is 0 Å². The first-order valence-corrected chi connectivity index (χ1v) is 10.3. The molecule has 2 heterocycles. The Hall–Kier alpha value is -3.59. The van der Waals surface area contributed by atoms with Gasteiger partial charge < -0.3 is 5.32 Å². The number of amides is 1. The highest BCUT2D eigenvalue weighted by Crippen LogP contribution is 2.31. The molecule has 4 rings (SSSR count). The standard InChI is InChI=1S/C23H19ClF3N5O/c1-14-11-19(32(29-14)18-10-6-9-17(12-18)23(25,26)27)28-22(33)20-15(2)30-31(21(20)24)13-16-7-4-3-5-8-16/h3-12H,13H2,1-2H3,(H,28,33). The number of nitrogens with one attached hydrogen (secondary N) is 1. The number of aromatic nitrogens is 4. The minimum Gasteiger partial charge on any atom is -0.306 e. The van der Waals surface area contributed by atoms with Crippen molar-refractivity contribution in [2.75, 3.05) is 5.32 Å². The molecule has 0 aliphatic heterocycles. The lowest BCUT2D eigenvalue weighted by molar-refractivity contribution is -0.137. The number of anilines is 1.